The molecule has 0 aliphatic carbocycles. The third-order valence-corrected chi connectivity index (χ3v) is 4.10. The van der Waals surface area contributed by atoms with Gasteiger partial charge in [0.2, 0.25) is 11.8 Å². The molecule has 1 fully saturated rings. The molecule has 0 atom stereocenters. The molecular weight excluding hydrogens is 324 g/mol. The molecule has 0 aromatic carbocycles. The van der Waals surface area contributed by atoms with Crippen LogP contribution in [0.1, 0.15) is 5.69 Å². The first-order valence-corrected chi connectivity index (χ1v) is 8.05. The van der Waals surface area contributed by atoms with Crippen molar-refractivity contribution in [2.75, 3.05) is 42.9 Å². The molecule has 130 valence electrons. The van der Waals surface area contributed by atoms with Crippen LogP contribution in [0.15, 0.2) is 29.0 Å². The molecule has 0 saturated carbocycles. The molecule has 1 aliphatic heterocycles. The highest BCUT2D eigenvalue weighted by Gasteiger charge is 2.20. The number of fused-ring (bicyclic) bond motifs is 1. The third kappa shape index (κ3) is 3.43. The first-order chi connectivity index (χ1) is 12.2. The van der Waals surface area contributed by atoms with Crippen molar-refractivity contribution in [1.29, 1.82) is 0 Å². The summed E-state index contributed by atoms with van der Waals surface area (Å²) in [4.78, 5) is 16.4. The number of hydrogen-bond acceptors (Lipinski definition) is 8. The predicted molar refractivity (Wildman–Crippen MR) is 89.3 cm³/mol. The Morgan fingerprint density at radius 1 is 1.28 bits per heavy atom. The minimum Gasteiger partial charge on any atom is -0.353 e. The molecule has 0 spiro atoms. The number of piperazine rings is 1. The van der Waals surface area contributed by atoms with E-state index in [0.29, 0.717) is 12.4 Å². The predicted octanol–water partition coefficient (Wildman–Crippen LogP) is 0.181. The summed E-state index contributed by atoms with van der Waals surface area (Å²) in [6.45, 7) is 5.30. The van der Waals surface area contributed by atoms with Gasteiger partial charge in [-0.15, -0.1) is 15.3 Å². The summed E-state index contributed by atoms with van der Waals surface area (Å²) < 4.78 is 6.66. The van der Waals surface area contributed by atoms with Crippen LogP contribution in [-0.4, -0.2) is 68.5 Å². The molecule has 0 unspecified atom stereocenters. The van der Waals surface area contributed by atoms with Crippen molar-refractivity contribution in [2.24, 2.45) is 0 Å². The Bertz CT molecular complexity index is 880. The summed E-state index contributed by atoms with van der Waals surface area (Å²) in [5, 5.41) is 18.8. The van der Waals surface area contributed by atoms with Crippen LogP contribution in [0.25, 0.3) is 5.65 Å². The van der Waals surface area contributed by atoms with E-state index in [1.165, 1.54) is 0 Å². The number of aryl methyl sites for hydroxylation is 1. The van der Waals surface area contributed by atoms with Gasteiger partial charge in [0.25, 0.3) is 0 Å². The lowest BCUT2D eigenvalue weighted by Crippen LogP contribution is -2.49. The molecule has 1 aliphatic rings. The van der Waals surface area contributed by atoms with Crippen molar-refractivity contribution < 1.29 is 9.32 Å². The number of nitrogens with zero attached hydrogens (tertiary/aromatic N) is 7. The lowest BCUT2D eigenvalue weighted by Gasteiger charge is -2.34. The topological polar surface area (TPSA) is 105 Å². The molecule has 3 aromatic rings. The largest absolute Gasteiger partial charge is 0.353 e. The smallest absolute Gasteiger partial charge is 0.240 e. The number of nitrogens with one attached hydrogen (secondary N) is 1. The minimum atomic E-state index is -0.103. The summed E-state index contributed by atoms with van der Waals surface area (Å²) in [7, 11) is 0. The van der Waals surface area contributed by atoms with Gasteiger partial charge in [-0.3, -0.25) is 15.0 Å². The second-order valence-electron chi connectivity index (χ2n) is 5.97. The van der Waals surface area contributed by atoms with Gasteiger partial charge >= 0.3 is 0 Å². The van der Waals surface area contributed by atoms with E-state index in [4.69, 9.17) is 4.52 Å². The Balaban J connectivity index is 1.31. The number of carbonyl (C=O) groups excluding carboxylic acids is 1. The average Bonchev–Trinajstić information content (AvgIpc) is 3.23. The van der Waals surface area contributed by atoms with Gasteiger partial charge in [0.05, 0.1) is 12.2 Å². The molecule has 1 amide bonds. The Morgan fingerprint density at radius 3 is 2.88 bits per heavy atom. The van der Waals surface area contributed by atoms with Crippen LogP contribution in [0.5, 0.6) is 0 Å². The number of amides is 1. The van der Waals surface area contributed by atoms with Crippen LogP contribution in [0, 0.1) is 6.92 Å². The van der Waals surface area contributed by atoms with Gasteiger partial charge in [0.15, 0.2) is 5.65 Å². The summed E-state index contributed by atoms with van der Waals surface area (Å²) in [5.74, 6) is 1.16. The molecule has 1 N–H and O–H groups in total. The van der Waals surface area contributed by atoms with Gasteiger partial charge in [-0.25, -0.2) is 0 Å². The minimum absolute atomic E-state index is 0.103. The summed E-state index contributed by atoms with van der Waals surface area (Å²) in [5.41, 5.74) is 1.46. The van der Waals surface area contributed by atoms with Gasteiger partial charge in [-0.05, 0) is 19.1 Å². The molecular formula is C15H18N8O2. The molecule has 1 saturated heterocycles. The zero-order chi connectivity index (χ0) is 17.2. The normalized spacial score (nSPS) is 15.6. The fourth-order valence-electron chi connectivity index (χ4n) is 2.82. The van der Waals surface area contributed by atoms with Crippen molar-refractivity contribution in [1.82, 2.24) is 29.9 Å². The highest BCUT2D eigenvalue weighted by molar-refractivity contribution is 5.90. The SMILES string of the molecule is Cc1cc(NC(=O)CN2CCN(c3ccc4nncn4n3)CC2)on1. The van der Waals surface area contributed by atoms with Gasteiger partial charge in [0.1, 0.15) is 12.1 Å². The van der Waals surface area contributed by atoms with E-state index in [1.54, 1.807) is 16.9 Å². The van der Waals surface area contributed by atoms with E-state index in [9.17, 15) is 4.79 Å². The van der Waals surface area contributed by atoms with E-state index < -0.39 is 0 Å². The Kier molecular flexibility index (Phi) is 4.02. The van der Waals surface area contributed by atoms with Gasteiger partial charge < -0.3 is 9.42 Å². The first-order valence-electron chi connectivity index (χ1n) is 8.05. The maximum absolute atomic E-state index is 12.1. The van der Waals surface area contributed by atoms with Crippen LogP contribution in [0.2, 0.25) is 0 Å². The van der Waals surface area contributed by atoms with Crippen molar-refractivity contribution in [3.8, 4) is 0 Å². The molecule has 10 nitrogen and oxygen atoms in total. The van der Waals surface area contributed by atoms with E-state index in [1.807, 2.05) is 19.1 Å². The highest BCUT2D eigenvalue weighted by Crippen LogP contribution is 2.14. The average molecular weight is 342 g/mol. The zero-order valence-corrected chi connectivity index (χ0v) is 13.8. The number of hydrogen-bond donors (Lipinski definition) is 1. The molecule has 0 radical (unpaired) electrons. The zero-order valence-electron chi connectivity index (χ0n) is 13.8. The van der Waals surface area contributed by atoms with E-state index in [0.717, 1.165) is 43.3 Å². The summed E-state index contributed by atoms with van der Waals surface area (Å²) >= 11 is 0. The maximum atomic E-state index is 12.1. The second-order valence-corrected chi connectivity index (χ2v) is 5.97. The highest BCUT2D eigenvalue weighted by atomic mass is 16.5. The van der Waals surface area contributed by atoms with Crippen LogP contribution in [0.3, 0.4) is 0 Å². The van der Waals surface area contributed by atoms with E-state index in [2.05, 4.69) is 35.6 Å². The van der Waals surface area contributed by atoms with Crippen molar-refractivity contribution in [3.63, 3.8) is 0 Å². The third-order valence-electron chi connectivity index (χ3n) is 4.10. The monoisotopic (exact) mass is 342 g/mol. The van der Waals surface area contributed by atoms with E-state index in [-0.39, 0.29) is 5.91 Å². The number of carbonyl (C=O) groups is 1. The molecule has 4 rings (SSSR count). The fraction of sp³-hybridized carbons (Fsp3) is 0.400. The molecule has 4 heterocycles. The van der Waals surface area contributed by atoms with Crippen LogP contribution < -0.4 is 10.2 Å². The standard InChI is InChI=1S/C15H18N8O2/c1-11-8-15(25-20-11)17-14(24)9-21-4-6-22(7-5-21)13-3-2-12-18-16-10-23(12)19-13/h2-3,8,10H,4-7,9H2,1H3,(H,17,24). The molecule has 3 aromatic heterocycles. The maximum Gasteiger partial charge on any atom is 0.240 e. The van der Waals surface area contributed by atoms with Crippen molar-refractivity contribution >= 4 is 23.3 Å². The first kappa shape index (κ1) is 15.5. The summed E-state index contributed by atoms with van der Waals surface area (Å²) in [6.07, 6.45) is 1.59. The Labute approximate surface area is 143 Å². The molecule has 25 heavy (non-hydrogen) atoms. The van der Waals surface area contributed by atoms with Crippen LogP contribution in [0.4, 0.5) is 11.7 Å². The molecule has 0 bridgehead atoms. The van der Waals surface area contributed by atoms with Crippen LogP contribution >= 0.6 is 0 Å². The van der Waals surface area contributed by atoms with Gasteiger partial charge in [0, 0.05) is 32.2 Å². The number of aromatic nitrogens is 5. The van der Waals surface area contributed by atoms with Crippen molar-refractivity contribution in [2.45, 2.75) is 6.92 Å². The van der Waals surface area contributed by atoms with Crippen LogP contribution in [-0.2, 0) is 4.79 Å². The quantitative estimate of drug-likeness (QED) is 0.716. The van der Waals surface area contributed by atoms with E-state index >= 15 is 0 Å². The lowest BCUT2D eigenvalue weighted by molar-refractivity contribution is -0.117. The van der Waals surface area contributed by atoms with Gasteiger partial charge in [-0.1, -0.05) is 5.16 Å². The lowest BCUT2D eigenvalue weighted by atomic mass is 10.3. The molecule has 10 heteroatoms. The van der Waals surface area contributed by atoms with Crippen molar-refractivity contribution in [3.05, 3.63) is 30.2 Å². The fourth-order valence-corrected chi connectivity index (χ4v) is 2.82. The Hall–Kier alpha value is -3.01. The second kappa shape index (κ2) is 6.48. The summed E-state index contributed by atoms with van der Waals surface area (Å²) in [6, 6.07) is 5.54. The number of rotatable bonds is 4. The Morgan fingerprint density at radius 2 is 2.12 bits per heavy atom. The number of anilines is 2. The van der Waals surface area contributed by atoms with Gasteiger partial charge in [-0.2, -0.15) is 4.52 Å².